The van der Waals surface area contributed by atoms with E-state index in [1.807, 2.05) is 19.0 Å². The molecule has 0 bridgehead atoms. The Hall–Kier alpha value is -3.52. The number of carbonyl (C=O) groups excluding carboxylic acids is 2. The number of amides is 1. The average Bonchev–Trinajstić information content (AvgIpc) is 3.01. The number of likely N-dealkylation sites (tertiary alicyclic amines) is 1. The van der Waals surface area contributed by atoms with E-state index < -0.39 is 17.7 Å². The van der Waals surface area contributed by atoms with Crippen molar-refractivity contribution >= 4 is 17.4 Å². The second kappa shape index (κ2) is 8.31. The normalized spacial score (nSPS) is 19.8. The molecule has 1 saturated heterocycles. The van der Waals surface area contributed by atoms with Crippen LogP contribution in [0, 0.1) is 0 Å². The lowest BCUT2D eigenvalue weighted by Gasteiger charge is -2.26. The number of aromatic hydroxyl groups is 1. The van der Waals surface area contributed by atoms with E-state index in [0.29, 0.717) is 42.4 Å². The molecule has 2 N–H and O–H groups in total. The third-order valence-corrected chi connectivity index (χ3v) is 5.33. The Balaban J connectivity index is 1.83. The quantitative estimate of drug-likeness (QED) is 0.431. The average molecular weight is 424 g/mol. The Labute approximate surface area is 179 Å². The molecule has 0 aliphatic carbocycles. The number of nitrogens with zero attached hydrogens (tertiary/aromatic N) is 2. The predicted octanol–water partition coefficient (Wildman–Crippen LogP) is 2.15. The van der Waals surface area contributed by atoms with Crippen LogP contribution in [0.5, 0.6) is 17.2 Å². The van der Waals surface area contributed by atoms with Crippen molar-refractivity contribution in [3.8, 4) is 17.2 Å². The summed E-state index contributed by atoms with van der Waals surface area (Å²) in [6, 6.07) is 10.4. The second-order valence-electron chi connectivity index (χ2n) is 7.75. The largest absolute Gasteiger partial charge is 0.508 e. The predicted molar refractivity (Wildman–Crippen MR) is 113 cm³/mol. The summed E-state index contributed by atoms with van der Waals surface area (Å²) in [6.07, 6.45) is 0. The first-order chi connectivity index (χ1) is 14.9. The number of ether oxygens (including phenoxy) is 2. The minimum absolute atomic E-state index is 0.00928. The van der Waals surface area contributed by atoms with E-state index in [0.717, 1.165) is 0 Å². The number of benzene rings is 2. The number of hydrogen-bond acceptors (Lipinski definition) is 7. The van der Waals surface area contributed by atoms with Gasteiger partial charge >= 0.3 is 0 Å². The fourth-order valence-electron chi connectivity index (χ4n) is 3.81. The van der Waals surface area contributed by atoms with E-state index in [2.05, 4.69) is 0 Å². The molecule has 8 heteroatoms. The molecule has 0 radical (unpaired) electrons. The van der Waals surface area contributed by atoms with Gasteiger partial charge in [-0.3, -0.25) is 9.59 Å². The molecule has 2 aliphatic rings. The number of aliphatic hydroxyl groups excluding tert-OH is 1. The van der Waals surface area contributed by atoms with E-state index >= 15 is 0 Å². The highest BCUT2D eigenvalue weighted by molar-refractivity contribution is 6.46. The van der Waals surface area contributed by atoms with Crippen molar-refractivity contribution in [1.82, 2.24) is 9.80 Å². The second-order valence-corrected chi connectivity index (χ2v) is 7.75. The number of aliphatic hydroxyl groups is 1. The number of carbonyl (C=O) groups is 2. The summed E-state index contributed by atoms with van der Waals surface area (Å²) in [5.74, 6) is -0.718. The van der Waals surface area contributed by atoms with Gasteiger partial charge in [-0.1, -0.05) is 12.1 Å². The van der Waals surface area contributed by atoms with Crippen LogP contribution in [0.3, 0.4) is 0 Å². The van der Waals surface area contributed by atoms with Crippen LogP contribution in [0.4, 0.5) is 0 Å². The lowest BCUT2D eigenvalue weighted by Crippen LogP contribution is -2.35. The summed E-state index contributed by atoms with van der Waals surface area (Å²) in [4.78, 5) is 29.2. The Kier molecular flexibility index (Phi) is 5.56. The molecule has 0 saturated carbocycles. The number of fused-ring (bicyclic) bond motifs is 1. The first-order valence-electron chi connectivity index (χ1n) is 9.99. The molecule has 8 nitrogen and oxygen atoms in total. The van der Waals surface area contributed by atoms with Gasteiger partial charge in [0.1, 0.15) is 24.7 Å². The van der Waals surface area contributed by atoms with Crippen molar-refractivity contribution in [3.63, 3.8) is 0 Å². The molecule has 2 heterocycles. The van der Waals surface area contributed by atoms with Crippen LogP contribution < -0.4 is 9.47 Å². The Morgan fingerprint density at radius 2 is 1.84 bits per heavy atom. The smallest absolute Gasteiger partial charge is 0.295 e. The number of phenols is 1. The van der Waals surface area contributed by atoms with Gasteiger partial charge in [-0.2, -0.15) is 0 Å². The lowest BCUT2D eigenvalue weighted by atomic mass is 9.95. The summed E-state index contributed by atoms with van der Waals surface area (Å²) < 4.78 is 11.1. The first kappa shape index (κ1) is 20.7. The molecule has 31 heavy (non-hydrogen) atoms. The summed E-state index contributed by atoms with van der Waals surface area (Å²) in [5.41, 5.74) is 0.864. The van der Waals surface area contributed by atoms with Crippen LogP contribution >= 0.6 is 0 Å². The van der Waals surface area contributed by atoms with Crippen LogP contribution in [0.2, 0.25) is 0 Å². The molecule has 2 aromatic carbocycles. The molecule has 4 rings (SSSR count). The fourth-order valence-corrected chi connectivity index (χ4v) is 3.81. The monoisotopic (exact) mass is 424 g/mol. The van der Waals surface area contributed by atoms with Gasteiger partial charge in [0.05, 0.1) is 11.6 Å². The van der Waals surface area contributed by atoms with Gasteiger partial charge in [-0.25, -0.2) is 0 Å². The third-order valence-electron chi connectivity index (χ3n) is 5.33. The van der Waals surface area contributed by atoms with Gasteiger partial charge in [-0.15, -0.1) is 0 Å². The maximum atomic E-state index is 13.0. The highest BCUT2D eigenvalue weighted by Gasteiger charge is 2.46. The van der Waals surface area contributed by atoms with E-state index in [1.165, 1.54) is 17.0 Å². The molecule has 2 aliphatic heterocycles. The van der Waals surface area contributed by atoms with E-state index in [4.69, 9.17) is 9.47 Å². The summed E-state index contributed by atoms with van der Waals surface area (Å²) in [7, 11) is 3.74. The molecular formula is C23H24N2O6. The van der Waals surface area contributed by atoms with Crippen LogP contribution in [0.25, 0.3) is 5.76 Å². The highest BCUT2D eigenvalue weighted by atomic mass is 16.6. The van der Waals surface area contributed by atoms with Gasteiger partial charge in [0.2, 0.25) is 0 Å². The number of Topliss-reactive ketones (excluding diaryl/α,β-unsaturated/α-hetero) is 1. The number of hydrogen-bond donors (Lipinski definition) is 2. The lowest BCUT2D eigenvalue weighted by molar-refractivity contribution is -0.140. The summed E-state index contributed by atoms with van der Waals surface area (Å²) in [6.45, 7) is 1.64. The topological polar surface area (TPSA) is 99.5 Å². The van der Waals surface area contributed by atoms with Crippen molar-refractivity contribution in [2.45, 2.75) is 6.04 Å². The summed E-state index contributed by atoms with van der Waals surface area (Å²) in [5, 5.41) is 21.1. The molecular weight excluding hydrogens is 400 g/mol. The number of ketones is 1. The molecule has 2 aromatic rings. The van der Waals surface area contributed by atoms with Crippen LogP contribution in [0.1, 0.15) is 17.2 Å². The van der Waals surface area contributed by atoms with E-state index in [1.54, 1.807) is 30.3 Å². The molecule has 1 fully saturated rings. The van der Waals surface area contributed by atoms with Crippen molar-refractivity contribution in [2.24, 2.45) is 0 Å². The van der Waals surface area contributed by atoms with Crippen molar-refractivity contribution < 1.29 is 29.3 Å². The maximum Gasteiger partial charge on any atom is 0.295 e. The first-order valence-corrected chi connectivity index (χ1v) is 9.99. The van der Waals surface area contributed by atoms with Crippen molar-refractivity contribution in [3.05, 3.63) is 59.2 Å². The minimum Gasteiger partial charge on any atom is -0.508 e. The van der Waals surface area contributed by atoms with Gasteiger partial charge in [-0.05, 0) is 50.0 Å². The maximum absolute atomic E-state index is 13.0. The van der Waals surface area contributed by atoms with Gasteiger partial charge in [0, 0.05) is 18.7 Å². The van der Waals surface area contributed by atoms with E-state index in [9.17, 15) is 19.8 Å². The standard InChI is InChI=1S/C23H24N2O6/c1-24(2)8-9-25-20(14-4-3-5-16(26)12-14)19(22(28)23(25)29)21(27)15-6-7-17-18(13-15)31-11-10-30-17/h3-7,12-13,20,26-27H,8-11H2,1-2H3/b21-19+. The number of likely N-dealkylation sites (N-methyl/N-ethyl adjacent to an activating group) is 1. The molecule has 162 valence electrons. The van der Waals surface area contributed by atoms with Crippen molar-refractivity contribution in [2.75, 3.05) is 40.4 Å². The molecule has 1 atom stereocenters. The fraction of sp³-hybridized carbons (Fsp3) is 0.304. The Morgan fingerprint density at radius 1 is 1.10 bits per heavy atom. The highest BCUT2D eigenvalue weighted by Crippen LogP contribution is 2.41. The zero-order valence-corrected chi connectivity index (χ0v) is 17.4. The molecule has 1 amide bonds. The van der Waals surface area contributed by atoms with Crippen molar-refractivity contribution in [1.29, 1.82) is 0 Å². The van der Waals surface area contributed by atoms with Gasteiger partial charge in [0.15, 0.2) is 11.5 Å². The van der Waals surface area contributed by atoms with E-state index in [-0.39, 0.29) is 23.6 Å². The van der Waals surface area contributed by atoms with Crippen LogP contribution in [-0.4, -0.2) is 72.1 Å². The summed E-state index contributed by atoms with van der Waals surface area (Å²) >= 11 is 0. The number of rotatable bonds is 5. The third kappa shape index (κ3) is 3.94. The minimum atomic E-state index is -0.819. The molecule has 1 unspecified atom stereocenters. The zero-order valence-electron chi connectivity index (χ0n) is 17.4. The SMILES string of the molecule is CN(C)CCN1C(=O)C(=O)/C(=C(/O)c2ccc3c(c2)OCCO3)C1c1cccc(O)c1. The number of phenolic OH excluding ortho intramolecular Hbond substituents is 1. The Bertz CT molecular complexity index is 1060. The van der Waals surface area contributed by atoms with Crippen LogP contribution in [-0.2, 0) is 9.59 Å². The zero-order chi connectivity index (χ0) is 22.1. The van der Waals surface area contributed by atoms with Gasteiger partial charge < -0.3 is 29.5 Å². The van der Waals surface area contributed by atoms with Gasteiger partial charge in [0.25, 0.3) is 11.7 Å². The molecule has 0 spiro atoms. The van der Waals surface area contributed by atoms with Crippen LogP contribution in [0.15, 0.2) is 48.0 Å². The Morgan fingerprint density at radius 3 is 2.55 bits per heavy atom. The molecule has 0 aromatic heterocycles.